The monoisotopic (exact) mass is 265 g/mol. The van der Waals surface area contributed by atoms with Crippen LogP contribution in [0, 0.1) is 10.8 Å². The van der Waals surface area contributed by atoms with Gasteiger partial charge in [0.15, 0.2) is 0 Å². The number of furan rings is 1. The summed E-state index contributed by atoms with van der Waals surface area (Å²) >= 11 is 0. The Morgan fingerprint density at radius 2 is 1.89 bits per heavy atom. The van der Waals surface area contributed by atoms with Gasteiger partial charge in [-0.25, -0.2) is 0 Å². The van der Waals surface area contributed by atoms with Crippen LogP contribution in [-0.4, -0.2) is 11.7 Å². The van der Waals surface area contributed by atoms with Crippen LogP contribution in [0.5, 0.6) is 0 Å². The molecule has 1 unspecified atom stereocenters. The first-order valence-corrected chi connectivity index (χ1v) is 7.39. The quantitative estimate of drug-likeness (QED) is 0.877. The van der Waals surface area contributed by atoms with E-state index in [1.54, 1.807) is 0 Å². The Morgan fingerprint density at radius 1 is 1.26 bits per heavy atom. The number of aliphatic hydroxyl groups excluding tert-OH is 1. The number of nitrogens with two attached hydrogens (primary N) is 1. The van der Waals surface area contributed by atoms with E-state index in [9.17, 15) is 5.11 Å². The van der Waals surface area contributed by atoms with Crippen molar-refractivity contribution in [1.29, 1.82) is 0 Å². The molecule has 1 aliphatic rings. The van der Waals surface area contributed by atoms with Crippen molar-refractivity contribution >= 4 is 0 Å². The van der Waals surface area contributed by atoms with Gasteiger partial charge in [-0.1, -0.05) is 20.8 Å². The molecular formula is C16H27NO2. The van der Waals surface area contributed by atoms with Crippen molar-refractivity contribution in [2.75, 3.05) is 6.54 Å². The van der Waals surface area contributed by atoms with Gasteiger partial charge in [-0.2, -0.15) is 0 Å². The molecule has 3 nitrogen and oxygen atoms in total. The summed E-state index contributed by atoms with van der Waals surface area (Å²) in [6.07, 6.45) is 4.45. The van der Waals surface area contributed by atoms with Gasteiger partial charge in [0.05, 0.1) is 0 Å². The third-order valence-electron chi connectivity index (χ3n) is 4.89. The van der Waals surface area contributed by atoms with E-state index in [2.05, 4.69) is 20.8 Å². The van der Waals surface area contributed by atoms with Crippen molar-refractivity contribution < 1.29 is 9.52 Å². The van der Waals surface area contributed by atoms with Gasteiger partial charge in [0, 0.05) is 18.4 Å². The minimum atomic E-state index is -0.575. The molecule has 2 rings (SSSR count). The number of aliphatic hydroxyl groups is 1. The van der Waals surface area contributed by atoms with Crippen molar-refractivity contribution in [3.8, 4) is 0 Å². The molecule has 0 amide bonds. The van der Waals surface area contributed by atoms with Gasteiger partial charge < -0.3 is 15.3 Å². The van der Waals surface area contributed by atoms with Gasteiger partial charge in [-0.15, -0.1) is 0 Å². The molecule has 0 spiro atoms. The van der Waals surface area contributed by atoms with E-state index in [1.165, 1.54) is 0 Å². The molecule has 1 heterocycles. The highest BCUT2D eigenvalue weighted by Gasteiger charge is 2.44. The van der Waals surface area contributed by atoms with E-state index in [0.29, 0.717) is 17.7 Å². The summed E-state index contributed by atoms with van der Waals surface area (Å²) in [4.78, 5) is 0. The van der Waals surface area contributed by atoms with E-state index in [1.807, 2.05) is 12.1 Å². The van der Waals surface area contributed by atoms with Crippen LogP contribution >= 0.6 is 0 Å². The molecule has 3 heteroatoms. The first-order chi connectivity index (χ1) is 8.92. The van der Waals surface area contributed by atoms with Crippen molar-refractivity contribution in [3.63, 3.8) is 0 Å². The lowest BCUT2D eigenvalue weighted by atomic mass is 9.62. The molecule has 108 valence electrons. The van der Waals surface area contributed by atoms with Crippen LogP contribution in [0.3, 0.4) is 0 Å². The molecule has 1 fully saturated rings. The van der Waals surface area contributed by atoms with Crippen LogP contribution in [-0.2, 0) is 6.42 Å². The molecule has 19 heavy (non-hydrogen) atoms. The Labute approximate surface area is 116 Å². The molecule has 1 atom stereocenters. The molecule has 0 radical (unpaired) electrons. The smallest absolute Gasteiger partial charge is 0.133 e. The second-order valence-corrected chi connectivity index (χ2v) is 6.79. The summed E-state index contributed by atoms with van der Waals surface area (Å²) in [6.45, 7) is 7.16. The highest BCUT2D eigenvalue weighted by molar-refractivity contribution is 5.13. The molecule has 3 N–H and O–H groups in total. The van der Waals surface area contributed by atoms with E-state index in [0.717, 1.165) is 37.9 Å². The maximum Gasteiger partial charge on any atom is 0.133 e. The fourth-order valence-corrected chi connectivity index (χ4v) is 3.05. The average Bonchev–Trinajstić information content (AvgIpc) is 2.87. The molecule has 0 bridgehead atoms. The Balaban J connectivity index is 2.17. The van der Waals surface area contributed by atoms with Crippen molar-refractivity contribution in [3.05, 3.63) is 23.7 Å². The first kappa shape index (κ1) is 14.6. The Hall–Kier alpha value is -0.800. The van der Waals surface area contributed by atoms with Gasteiger partial charge in [-0.3, -0.25) is 0 Å². The summed E-state index contributed by atoms with van der Waals surface area (Å²) in [5.74, 6) is 1.61. The zero-order chi connectivity index (χ0) is 14.1. The predicted octanol–water partition coefficient (Wildman–Crippen LogP) is 3.42. The van der Waals surface area contributed by atoms with E-state index >= 15 is 0 Å². The fourth-order valence-electron chi connectivity index (χ4n) is 3.05. The summed E-state index contributed by atoms with van der Waals surface area (Å²) in [7, 11) is 0. The fraction of sp³-hybridized carbons (Fsp3) is 0.750. The van der Waals surface area contributed by atoms with Crippen LogP contribution in [0.4, 0.5) is 0 Å². The van der Waals surface area contributed by atoms with E-state index in [-0.39, 0.29) is 5.41 Å². The topological polar surface area (TPSA) is 59.4 Å². The minimum absolute atomic E-state index is 0.210. The highest BCUT2D eigenvalue weighted by Crippen LogP contribution is 2.50. The molecule has 1 aliphatic carbocycles. The van der Waals surface area contributed by atoms with E-state index in [4.69, 9.17) is 10.2 Å². The summed E-state index contributed by atoms with van der Waals surface area (Å²) in [5, 5.41) is 10.7. The predicted molar refractivity (Wildman–Crippen MR) is 76.8 cm³/mol. The molecular weight excluding hydrogens is 238 g/mol. The summed E-state index contributed by atoms with van der Waals surface area (Å²) < 4.78 is 5.72. The summed E-state index contributed by atoms with van der Waals surface area (Å²) in [5.41, 5.74) is 6.16. The zero-order valence-electron chi connectivity index (χ0n) is 12.4. The van der Waals surface area contributed by atoms with Gasteiger partial charge >= 0.3 is 0 Å². The van der Waals surface area contributed by atoms with E-state index < -0.39 is 6.10 Å². The second kappa shape index (κ2) is 5.29. The number of hydrogen-bond donors (Lipinski definition) is 2. The maximum absolute atomic E-state index is 10.7. The van der Waals surface area contributed by atoms with Crippen LogP contribution in [0.25, 0.3) is 0 Å². The molecule has 1 saturated carbocycles. The molecule has 1 aromatic rings. The lowest BCUT2D eigenvalue weighted by Gasteiger charge is -2.45. The van der Waals surface area contributed by atoms with Crippen molar-refractivity contribution in [1.82, 2.24) is 0 Å². The standard InChI is InChI=1S/C16H27NO2/c1-4-12-5-6-13(19-12)14(18)16(11-17)9-7-15(2,3)8-10-16/h5-6,14,18H,4,7-11,17H2,1-3H3. The van der Waals surface area contributed by atoms with Crippen LogP contribution in [0.1, 0.15) is 64.1 Å². The summed E-state index contributed by atoms with van der Waals surface area (Å²) in [6, 6.07) is 3.86. The average molecular weight is 265 g/mol. The SMILES string of the molecule is CCc1ccc(C(O)C2(CN)CCC(C)(C)CC2)o1. The third kappa shape index (κ3) is 2.87. The van der Waals surface area contributed by atoms with Crippen LogP contribution in [0.15, 0.2) is 16.5 Å². The third-order valence-corrected chi connectivity index (χ3v) is 4.89. The number of rotatable bonds is 4. The van der Waals surface area contributed by atoms with Gasteiger partial charge in [0.25, 0.3) is 0 Å². The Kier molecular flexibility index (Phi) is 4.07. The normalized spacial score (nSPS) is 23.2. The van der Waals surface area contributed by atoms with Gasteiger partial charge in [0.2, 0.25) is 0 Å². The first-order valence-electron chi connectivity index (χ1n) is 7.39. The number of aryl methyl sites for hydroxylation is 1. The van der Waals surface area contributed by atoms with Gasteiger partial charge in [-0.05, 0) is 43.2 Å². The van der Waals surface area contributed by atoms with Crippen molar-refractivity contribution in [2.24, 2.45) is 16.6 Å². The Morgan fingerprint density at radius 3 is 2.37 bits per heavy atom. The number of hydrogen-bond acceptors (Lipinski definition) is 3. The van der Waals surface area contributed by atoms with Crippen molar-refractivity contribution in [2.45, 2.75) is 59.0 Å². The van der Waals surface area contributed by atoms with Crippen LogP contribution in [0.2, 0.25) is 0 Å². The van der Waals surface area contributed by atoms with Gasteiger partial charge in [0.1, 0.15) is 17.6 Å². The maximum atomic E-state index is 10.7. The zero-order valence-corrected chi connectivity index (χ0v) is 12.4. The van der Waals surface area contributed by atoms with Crippen LogP contribution < -0.4 is 5.73 Å². The Bertz CT molecular complexity index is 412. The molecule has 1 aromatic heterocycles. The largest absolute Gasteiger partial charge is 0.463 e. The lowest BCUT2D eigenvalue weighted by Crippen LogP contribution is -2.41. The molecule has 0 aromatic carbocycles. The molecule has 0 aliphatic heterocycles. The minimum Gasteiger partial charge on any atom is -0.463 e. The second-order valence-electron chi connectivity index (χ2n) is 6.79. The lowest BCUT2D eigenvalue weighted by molar-refractivity contribution is -0.0351. The molecule has 0 saturated heterocycles. The highest BCUT2D eigenvalue weighted by atomic mass is 16.4.